The minimum atomic E-state index is -2.22. The molecule has 0 N–H and O–H groups in total. The van der Waals surface area contributed by atoms with Gasteiger partial charge in [0, 0.05) is 49.4 Å². The zero-order chi connectivity index (χ0) is 73.7. The van der Waals surface area contributed by atoms with Crippen LogP contribution in [0.25, 0.3) is 194 Å². The first-order chi connectivity index (χ1) is 54.2. The third-order valence-corrected chi connectivity index (χ3v) is 21.9. The molecular weight excluding hydrogens is 1360 g/mol. The third kappa shape index (κ3) is 10.8. The maximum Gasteiger partial charge on any atom is 0.200 e. The molecule has 20 rings (SSSR count). The van der Waals surface area contributed by atoms with E-state index in [2.05, 4.69) is 323 Å². The summed E-state index contributed by atoms with van der Waals surface area (Å²) in [6, 6.07) is 131. The fourth-order valence-corrected chi connectivity index (χ4v) is 16.9. The normalized spacial score (nSPS) is 11.7. The number of hydrogen-bond acceptors (Lipinski definition) is 0. The van der Waals surface area contributed by atoms with E-state index in [1.165, 1.54) is 12.1 Å². The lowest BCUT2D eigenvalue weighted by molar-refractivity contribution is 0.381. The molecule has 0 aliphatic rings. The van der Waals surface area contributed by atoms with Crippen LogP contribution in [-0.4, -0.2) is 13.7 Å². The molecule has 8 heteroatoms. The Balaban J connectivity index is 0.888. The Labute approximate surface area is 630 Å². The molecule has 17 aromatic carbocycles. The first-order valence-corrected chi connectivity index (χ1v) is 36.7. The van der Waals surface area contributed by atoms with Crippen LogP contribution in [0.4, 0.5) is 22.0 Å². The smallest absolute Gasteiger partial charge is 0.200 e. The summed E-state index contributed by atoms with van der Waals surface area (Å²) in [7, 11) is 0. The van der Waals surface area contributed by atoms with Crippen LogP contribution in [0, 0.1) is 29.1 Å². The zero-order valence-corrected chi connectivity index (χ0v) is 59.0. The number of halogens is 5. The standard InChI is InChI=1S/C102H62F5N3/c103-98-97(99(104)101(106)102(107)100(98)105)72-40-38-68(39-41-72)93-91(66-28-12-4-13-29-66)95(70-44-53-77(54-45-70)109-86-36-20-17-33-80(86)83-58-49-74(61-89(83)109)64-24-8-2-9-25-64)96(71-46-55-78(56-47-71)110-87-37-21-18-34-81(87)84-59-50-75(62-90(84)110)65-26-10-3-11-27-65)92(67-30-14-5-15-31-67)94(93)69-42-51-76(52-43-69)108-85-35-19-16-32-79(85)82-57-48-73(60-88(82)108)63-22-6-1-7-23-63/h1-62H. The topological polar surface area (TPSA) is 14.8 Å². The highest BCUT2D eigenvalue weighted by Crippen LogP contribution is 2.57. The molecular formula is C102H62F5N3. The second kappa shape index (κ2) is 26.7. The van der Waals surface area contributed by atoms with E-state index in [4.69, 9.17) is 0 Å². The number of hydrogen-bond donors (Lipinski definition) is 0. The van der Waals surface area contributed by atoms with Crippen LogP contribution in [0.3, 0.4) is 0 Å². The van der Waals surface area contributed by atoms with E-state index in [0.717, 1.165) is 177 Å². The lowest BCUT2D eigenvalue weighted by atomic mass is 9.74. The summed E-state index contributed by atoms with van der Waals surface area (Å²) < 4.78 is 84.8. The molecule has 0 saturated carbocycles. The monoisotopic (exact) mass is 1420 g/mol. The maximum atomic E-state index is 16.1. The van der Waals surface area contributed by atoms with Crippen molar-refractivity contribution in [2.45, 2.75) is 0 Å². The van der Waals surface area contributed by atoms with Crippen LogP contribution in [0.2, 0.25) is 0 Å². The van der Waals surface area contributed by atoms with Gasteiger partial charge >= 0.3 is 0 Å². The Morgan fingerprint density at radius 1 is 0.136 bits per heavy atom. The molecule has 0 atom stereocenters. The average molecular weight is 1420 g/mol. The summed E-state index contributed by atoms with van der Waals surface area (Å²) in [4.78, 5) is 0. The molecule has 0 unspecified atom stereocenters. The van der Waals surface area contributed by atoms with Crippen molar-refractivity contribution in [1.82, 2.24) is 13.7 Å². The second-order valence-corrected chi connectivity index (χ2v) is 28.0. The number of para-hydroxylation sites is 3. The van der Waals surface area contributed by atoms with Crippen LogP contribution in [0.15, 0.2) is 376 Å². The van der Waals surface area contributed by atoms with Crippen molar-refractivity contribution in [2.24, 2.45) is 0 Å². The molecule has 0 bridgehead atoms. The molecule has 110 heavy (non-hydrogen) atoms. The Morgan fingerprint density at radius 3 is 0.600 bits per heavy atom. The van der Waals surface area contributed by atoms with Gasteiger partial charge in [-0.15, -0.1) is 0 Å². The molecule has 520 valence electrons. The summed E-state index contributed by atoms with van der Waals surface area (Å²) >= 11 is 0. The van der Waals surface area contributed by atoms with Gasteiger partial charge in [0.15, 0.2) is 23.3 Å². The van der Waals surface area contributed by atoms with E-state index in [1.807, 2.05) is 42.5 Å². The van der Waals surface area contributed by atoms with Crippen molar-refractivity contribution in [2.75, 3.05) is 0 Å². The van der Waals surface area contributed by atoms with Gasteiger partial charge in [0.25, 0.3) is 0 Å². The minimum absolute atomic E-state index is 0.188. The average Bonchev–Trinajstić information content (AvgIpc) is 0.970. The van der Waals surface area contributed by atoms with E-state index in [0.29, 0.717) is 5.56 Å². The zero-order valence-electron chi connectivity index (χ0n) is 59.0. The molecule has 3 aromatic heterocycles. The molecule has 20 aromatic rings. The largest absolute Gasteiger partial charge is 0.309 e. The SMILES string of the molecule is Fc1c(F)c(F)c(-c2ccc(-c3c(-c4ccccc4)c(-c4ccc(-n5c6ccccc6c6ccc(-c7ccccc7)cc65)cc4)c(-c4ccc(-n5c6ccccc6c6ccc(-c7ccccc7)cc65)cc4)c(-c4ccccc4)c3-c3ccc(-n4c5ccccc5c5ccc(-c6ccccc6)cc54)cc3)cc2)c(F)c1F. The minimum Gasteiger partial charge on any atom is -0.309 e. The molecule has 0 amide bonds. The van der Waals surface area contributed by atoms with Gasteiger partial charge in [-0.25, -0.2) is 22.0 Å². The highest BCUT2D eigenvalue weighted by molar-refractivity contribution is 6.17. The van der Waals surface area contributed by atoms with Crippen LogP contribution in [0.5, 0.6) is 0 Å². The third-order valence-electron chi connectivity index (χ3n) is 21.9. The van der Waals surface area contributed by atoms with E-state index in [9.17, 15) is 4.39 Å². The number of nitrogens with zero attached hydrogens (tertiary/aromatic N) is 3. The van der Waals surface area contributed by atoms with Crippen molar-refractivity contribution in [3.8, 4) is 128 Å². The highest BCUT2D eigenvalue weighted by Gasteiger charge is 2.32. The Morgan fingerprint density at radius 2 is 0.327 bits per heavy atom. The van der Waals surface area contributed by atoms with E-state index < -0.39 is 34.6 Å². The van der Waals surface area contributed by atoms with Crippen molar-refractivity contribution in [3.05, 3.63) is 405 Å². The van der Waals surface area contributed by atoms with Gasteiger partial charge in [0.1, 0.15) is 0 Å². The van der Waals surface area contributed by atoms with Gasteiger partial charge in [0.2, 0.25) is 5.82 Å². The Hall–Kier alpha value is -14.2. The first kappa shape index (κ1) is 65.3. The summed E-state index contributed by atoms with van der Waals surface area (Å²) in [6.07, 6.45) is 0. The second-order valence-electron chi connectivity index (χ2n) is 28.0. The number of rotatable bonds is 13. The highest BCUT2D eigenvalue weighted by atomic mass is 19.2. The van der Waals surface area contributed by atoms with Crippen molar-refractivity contribution in [1.29, 1.82) is 0 Å². The predicted octanol–water partition coefficient (Wildman–Crippen LogP) is 28.3. The van der Waals surface area contributed by atoms with Crippen LogP contribution < -0.4 is 0 Å². The van der Waals surface area contributed by atoms with Crippen LogP contribution >= 0.6 is 0 Å². The Bertz CT molecular complexity index is 6960. The quantitative estimate of drug-likeness (QED) is 0.0621. The molecule has 0 aliphatic heterocycles. The van der Waals surface area contributed by atoms with Gasteiger partial charge in [-0.05, 0) is 179 Å². The first-order valence-electron chi connectivity index (χ1n) is 36.7. The van der Waals surface area contributed by atoms with E-state index in [-0.39, 0.29) is 5.56 Å². The lowest BCUT2D eigenvalue weighted by Gasteiger charge is -2.29. The van der Waals surface area contributed by atoms with Gasteiger partial charge in [0.05, 0.1) is 38.7 Å². The van der Waals surface area contributed by atoms with Gasteiger partial charge < -0.3 is 13.7 Å². The summed E-state index contributed by atoms with van der Waals surface area (Å²) in [5, 5.41) is 6.74. The fourth-order valence-electron chi connectivity index (χ4n) is 16.9. The summed E-state index contributed by atoms with van der Waals surface area (Å²) in [5.74, 6) is -10.1. The van der Waals surface area contributed by atoms with E-state index >= 15 is 17.6 Å². The van der Waals surface area contributed by atoms with Gasteiger partial charge in [-0.3, -0.25) is 0 Å². The molecule has 3 nitrogen and oxygen atoms in total. The Kier molecular flexibility index (Phi) is 15.8. The molecule has 0 aliphatic carbocycles. The molecule has 0 saturated heterocycles. The maximum absolute atomic E-state index is 16.1. The summed E-state index contributed by atoms with van der Waals surface area (Å²) in [5.41, 5.74) is 24.7. The number of benzene rings is 17. The molecule has 0 spiro atoms. The lowest BCUT2D eigenvalue weighted by Crippen LogP contribution is -2.04. The van der Waals surface area contributed by atoms with Crippen molar-refractivity contribution in [3.63, 3.8) is 0 Å². The number of fused-ring (bicyclic) bond motifs is 9. The number of aromatic nitrogens is 3. The van der Waals surface area contributed by atoms with Crippen molar-refractivity contribution >= 4 is 65.4 Å². The van der Waals surface area contributed by atoms with Crippen LogP contribution in [-0.2, 0) is 0 Å². The summed E-state index contributed by atoms with van der Waals surface area (Å²) in [6.45, 7) is 0. The van der Waals surface area contributed by atoms with Gasteiger partial charge in [-0.2, -0.15) is 0 Å². The molecule has 0 radical (unpaired) electrons. The molecule has 0 fully saturated rings. The van der Waals surface area contributed by atoms with Crippen molar-refractivity contribution < 1.29 is 22.0 Å². The molecule has 3 heterocycles. The fraction of sp³-hybridized carbons (Fsp3) is 0. The predicted molar refractivity (Wildman–Crippen MR) is 444 cm³/mol. The van der Waals surface area contributed by atoms with Gasteiger partial charge in [-0.1, -0.05) is 303 Å². The van der Waals surface area contributed by atoms with Crippen LogP contribution in [0.1, 0.15) is 0 Å². The van der Waals surface area contributed by atoms with E-state index in [1.54, 1.807) is 12.1 Å².